The molecule has 2 aromatic carbocycles. The quantitative estimate of drug-likeness (QED) is 0.134. The van der Waals surface area contributed by atoms with E-state index in [4.69, 9.17) is 10.3 Å². The van der Waals surface area contributed by atoms with E-state index in [0.717, 1.165) is 35.5 Å². The maximum Gasteiger partial charge on any atom is 0.294 e. The maximum atomic E-state index is 13.5. The standard InChI is InChI=1S/C25H38N4O4S.C7H8O3S/c1-17(2)16-22(21(24(31)28-33)11-7-10-19-8-5-4-6-9-19)23(30)27-29(25(32)18(3)26)20-12-14-34-15-13-20;1-6-2-4-7(5-3-6)11(8,9)10/h4-10,17-18,20-22,33H,11-16,26H2,1-3H3,(H,27,30)(H,28,31);2-5H,1H3,(H,8,9,10)/t18-,21+,22-;/m1./s1. The van der Waals surface area contributed by atoms with Crippen molar-refractivity contribution in [1.82, 2.24) is 15.9 Å². The number of amides is 3. The van der Waals surface area contributed by atoms with E-state index in [0.29, 0.717) is 6.42 Å². The molecule has 1 heterocycles. The molecule has 1 aliphatic heterocycles. The van der Waals surface area contributed by atoms with Crippen LogP contribution in [0.4, 0.5) is 0 Å². The minimum absolute atomic E-state index is 0.0666. The molecule has 45 heavy (non-hydrogen) atoms. The molecule has 13 heteroatoms. The SMILES string of the molecule is CC(C)C[C@@H](C(=O)NN(C(=O)[C@@H](C)N)C1CCSCC1)[C@H](CC=Cc1ccccc1)C(=O)NO.Cc1ccc(S(=O)(=O)O)cc1. The summed E-state index contributed by atoms with van der Waals surface area (Å²) in [4.78, 5) is 38.9. The molecule has 3 rings (SSSR count). The van der Waals surface area contributed by atoms with Crippen LogP contribution in [0.2, 0.25) is 0 Å². The molecular weight excluding hydrogens is 617 g/mol. The van der Waals surface area contributed by atoms with E-state index in [1.54, 1.807) is 24.5 Å². The van der Waals surface area contributed by atoms with Gasteiger partial charge in [-0.05, 0) is 74.7 Å². The number of thioether (sulfide) groups is 1. The number of carbonyl (C=O) groups is 3. The second-order valence-corrected chi connectivity index (χ2v) is 14.1. The van der Waals surface area contributed by atoms with Gasteiger partial charge in [0.05, 0.1) is 28.8 Å². The monoisotopic (exact) mass is 662 g/mol. The lowest BCUT2D eigenvalue weighted by Crippen LogP contribution is -2.59. The molecule has 0 bridgehead atoms. The van der Waals surface area contributed by atoms with Crippen LogP contribution in [0.15, 0.2) is 65.6 Å². The second-order valence-electron chi connectivity index (χ2n) is 11.5. The summed E-state index contributed by atoms with van der Waals surface area (Å²) in [6.07, 6.45) is 5.92. The first-order chi connectivity index (χ1) is 21.2. The zero-order valence-corrected chi connectivity index (χ0v) is 27.9. The van der Waals surface area contributed by atoms with Crippen LogP contribution in [0.5, 0.6) is 0 Å². The van der Waals surface area contributed by atoms with Crippen LogP contribution < -0.4 is 16.6 Å². The third kappa shape index (κ3) is 13.0. The van der Waals surface area contributed by atoms with Gasteiger partial charge in [-0.15, -0.1) is 0 Å². The lowest BCUT2D eigenvalue weighted by Gasteiger charge is -2.37. The average molecular weight is 663 g/mol. The van der Waals surface area contributed by atoms with E-state index in [2.05, 4.69) is 5.43 Å². The molecule has 3 atom stereocenters. The van der Waals surface area contributed by atoms with Gasteiger partial charge in [0.15, 0.2) is 0 Å². The van der Waals surface area contributed by atoms with E-state index in [1.807, 2.05) is 75.0 Å². The Morgan fingerprint density at radius 3 is 2.11 bits per heavy atom. The number of nitrogens with zero attached hydrogens (tertiary/aromatic N) is 1. The second kappa shape index (κ2) is 18.7. The number of benzene rings is 2. The molecule has 2 aromatic rings. The van der Waals surface area contributed by atoms with E-state index < -0.39 is 39.8 Å². The Hall–Kier alpha value is -3.23. The lowest BCUT2D eigenvalue weighted by atomic mass is 9.82. The van der Waals surface area contributed by atoms with Gasteiger partial charge in [-0.25, -0.2) is 10.5 Å². The van der Waals surface area contributed by atoms with Gasteiger partial charge >= 0.3 is 0 Å². The molecule has 0 radical (unpaired) electrons. The summed E-state index contributed by atoms with van der Waals surface area (Å²) >= 11 is 1.82. The summed E-state index contributed by atoms with van der Waals surface area (Å²) in [7, 11) is -4.02. The third-order valence-corrected chi connectivity index (χ3v) is 9.14. The highest BCUT2D eigenvalue weighted by Crippen LogP contribution is 2.27. The van der Waals surface area contributed by atoms with Gasteiger partial charge in [-0.3, -0.25) is 29.6 Å². The Morgan fingerprint density at radius 2 is 1.60 bits per heavy atom. The van der Waals surface area contributed by atoms with Crippen molar-refractivity contribution in [2.24, 2.45) is 23.5 Å². The van der Waals surface area contributed by atoms with Crippen molar-refractivity contribution in [2.75, 3.05) is 11.5 Å². The fourth-order valence-electron chi connectivity index (χ4n) is 4.81. The number of hydrazine groups is 1. The molecule has 1 saturated heterocycles. The van der Waals surface area contributed by atoms with Crippen molar-refractivity contribution in [3.8, 4) is 0 Å². The summed E-state index contributed by atoms with van der Waals surface area (Å²) in [5.41, 5.74) is 12.3. The van der Waals surface area contributed by atoms with E-state index >= 15 is 0 Å². The molecular formula is C32H46N4O7S2. The molecule has 0 aromatic heterocycles. The number of hydrogen-bond acceptors (Lipinski definition) is 8. The number of hydrogen-bond donors (Lipinski definition) is 5. The van der Waals surface area contributed by atoms with E-state index in [9.17, 15) is 28.0 Å². The maximum absolute atomic E-state index is 13.5. The third-order valence-electron chi connectivity index (χ3n) is 7.23. The zero-order chi connectivity index (χ0) is 33.6. The average Bonchev–Trinajstić information content (AvgIpc) is 3.01. The number of nitrogens with one attached hydrogen (secondary N) is 2. The zero-order valence-electron chi connectivity index (χ0n) is 26.3. The highest BCUT2D eigenvalue weighted by atomic mass is 32.2. The number of allylic oxidation sites excluding steroid dienone is 1. The summed E-state index contributed by atoms with van der Waals surface area (Å²) in [5.74, 6) is -1.01. The highest BCUT2D eigenvalue weighted by Gasteiger charge is 2.37. The fourth-order valence-corrected chi connectivity index (χ4v) is 6.38. The largest absolute Gasteiger partial charge is 0.320 e. The molecule has 0 unspecified atom stereocenters. The molecule has 248 valence electrons. The summed E-state index contributed by atoms with van der Waals surface area (Å²) in [6, 6.07) is 14.7. The van der Waals surface area contributed by atoms with Gasteiger partial charge in [0.25, 0.3) is 16.0 Å². The minimum Gasteiger partial charge on any atom is -0.320 e. The van der Waals surface area contributed by atoms with Crippen molar-refractivity contribution in [2.45, 2.75) is 70.4 Å². The first-order valence-corrected chi connectivity index (χ1v) is 17.5. The summed E-state index contributed by atoms with van der Waals surface area (Å²) < 4.78 is 29.6. The first kappa shape index (κ1) is 38.0. The van der Waals surface area contributed by atoms with Crippen LogP contribution in [-0.4, -0.2) is 64.5 Å². The Balaban J connectivity index is 0.000000537. The van der Waals surface area contributed by atoms with Gasteiger partial charge in [-0.1, -0.05) is 74.0 Å². The topological polar surface area (TPSA) is 179 Å². The van der Waals surface area contributed by atoms with Crippen LogP contribution in [0.3, 0.4) is 0 Å². The van der Waals surface area contributed by atoms with Crippen molar-refractivity contribution in [1.29, 1.82) is 0 Å². The van der Waals surface area contributed by atoms with Gasteiger partial charge in [-0.2, -0.15) is 20.2 Å². The number of nitrogens with two attached hydrogens (primary N) is 1. The van der Waals surface area contributed by atoms with Crippen LogP contribution in [0.1, 0.15) is 57.6 Å². The molecule has 0 aliphatic carbocycles. The van der Waals surface area contributed by atoms with Crippen molar-refractivity contribution in [3.63, 3.8) is 0 Å². The first-order valence-electron chi connectivity index (χ1n) is 14.9. The van der Waals surface area contributed by atoms with Crippen LogP contribution in [0, 0.1) is 24.7 Å². The van der Waals surface area contributed by atoms with Crippen LogP contribution in [0.25, 0.3) is 6.08 Å². The van der Waals surface area contributed by atoms with E-state index in [-0.39, 0.29) is 29.2 Å². The molecule has 6 N–H and O–H groups in total. The predicted molar refractivity (Wildman–Crippen MR) is 176 cm³/mol. The normalized spacial score (nSPS) is 15.8. The smallest absolute Gasteiger partial charge is 0.294 e. The fraction of sp³-hybridized carbons (Fsp3) is 0.469. The van der Waals surface area contributed by atoms with Crippen LogP contribution >= 0.6 is 11.8 Å². The molecule has 1 fully saturated rings. The molecule has 3 amide bonds. The van der Waals surface area contributed by atoms with Gasteiger partial charge in [0.1, 0.15) is 0 Å². The molecule has 11 nitrogen and oxygen atoms in total. The van der Waals surface area contributed by atoms with Gasteiger partial charge in [0, 0.05) is 0 Å². The predicted octanol–water partition coefficient (Wildman–Crippen LogP) is 4.22. The molecule has 1 aliphatic rings. The molecule has 0 saturated carbocycles. The highest BCUT2D eigenvalue weighted by molar-refractivity contribution is 7.99. The Morgan fingerprint density at radius 1 is 1.00 bits per heavy atom. The van der Waals surface area contributed by atoms with Gasteiger partial charge in [0.2, 0.25) is 11.8 Å². The van der Waals surface area contributed by atoms with E-state index in [1.165, 1.54) is 17.1 Å². The number of carbonyl (C=O) groups excluding carboxylic acids is 3. The van der Waals surface area contributed by atoms with Crippen molar-refractivity contribution < 1.29 is 32.6 Å². The van der Waals surface area contributed by atoms with Crippen molar-refractivity contribution in [3.05, 3.63) is 71.8 Å². The summed E-state index contributed by atoms with van der Waals surface area (Å²) in [5, 5.41) is 10.8. The number of hydroxylamine groups is 1. The number of aryl methyl sites for hydroxylation is 1. The van der Waals surface area contributed by atoms with Gasteiger partial charge < -0.3 is 5.73 Å². The Labute approximate surface area is 270 Å². The van der Waals surface area contributed by atoms with Crippen molar-refractivity contribution >= 4 is 45.7 Å². The lowest BCUT2D eigenvalue weighted by molar-refractivity contribution is -0.150. The van der Waals surface area contributed by atoms with Crippen LogP contribution in [-0.2, 0) is 24.5 Å². The summed E-state index contributed by atoms with van der Waals surface area (Å²) in [6.45, 7) is 7.38. The Kier molecular flexibility index (Phi) is 15.7. The Bertz CT molecular complexity index is 1360. The number of rotatable bonds is 11. The molecule has 0 spiro atoms. The minimum atomic E-state index is -4.02.